The van der Waals surface area contributed by atoms with Gasteiger partial charge in [-0.2, -0.15) is 0 Å². The summed E-state index contributed by atoms with van der Waals surface area (Å²) in [6.07, 6.45) is 3.19. The highest BCUT2D eigenvalue weighted by Gasteiger charge is 2.42. The standard InChI is InChI=1S/C27H33N5O3.ClH/c1-26(2,28)24(34)31-22(16-18-17-30-21-11-7-6-10-20(18)21)23(33)32-25(35)27(12-14-29-15-13-27)19-8-4-3-5-9-19;/h3-11,17,22,29-30H,12-16,28H2,1-2H3,(H,31,34)(H,32,33,35);1H. The second kappa shape index (κ2) is 11.2. The van der Waals surface area contributed by atoms with E-state index in [1.165, 1.54) is 0 Å². The number of H-pyrrole nitrogens is 1. The van der Waals surface area contributed by atoms with Crippen LogP contribution < -0.4 is 21.7 Å². The first-order valence-corrected chi connectivity index (χ1v) is 12.0. The molecule has 2 heterocycles. The van der Waals surface area contributed by atoms with E-state index in [0.29, 0.717) is 25.9 Å². The average Bonchev–Trinajstić information content (AvgIpc) is 3.26. The smallest absolute Gasteiger partial charge is 0.249 e. The minimum Gasteiger partial charge on any atom is -0.361 e. The highest BCUT2D eigenvalue weighted by Crippen LogP contribution is 2.34. The van der Waals surface area contributed by atoms with Crippen molar-refractivity contribution >= 4 is 41.0 Å². The molecule has 6 N–H and O–H groups in total. The molecular weight excluding hydrogens is 478 g/mol. The van der Waals surface area contributed by atoms with Gasteiger partial charge in [-0.1, -0.05) is 48.5 Å². The van der Waals surface area contributed by atoms with Crippen molar-refractivity contribution in [2.45, 2.75) is 50.1 Å². The van der Waals surface area contributed by atoms with Crippen molar-refractivity contribution in [1.82, 2.24) is 20.9 Å². The van der Waals surface area contributed by atoms with Crippen molar-refractivity contribution in [3.8, 4) is 0 Å². The molecule has 1 aliphatic rings. The van der Waals surface area contributed by atoms with Gasteiger partial charge < -0.3 is 21.4 Å². The van der Waals surface area contributed by atoms with Crippen molar-refractivity contribution in [3.63, 3.8) is 0 Å². The van der Waals surface area contributed by atoms with Crippen LogP contribution in [0.5, 0.6) is 0 Å². The number of fused-ring (bicyclic) bond motifs is 1. The van der Waals surface area contributed by atoms with Crippen LogP contribution in [0, 0.1) is 0 Å². The molecule has 1 atom stereocenters. The summed E-state index contributed by atoms with van der Waals surface area (Å²) in [6, 6.07) is 16.3. The maximum absolute atomic E-state index is 13.6. The van der Waals surface area contributed by atoms with E-state index in [9.17, 15) is 14.4 Å². The second-order valence-corrected chi connectivity index (χ2v) is 9.83. The Morgan fingerprint density at radius 1 is 1.03 bits per heavy atom. The van der Waals surface area contributed by atoms with Gasteiger partial charge in [0.1, 0.15) is 6.04 Å². The Bertz CT molecular complexity index is 1210. The van der Waals surface area contributed by atoms with Gasteiger partial charge in [0, 0.05) is 23.5 Å². The lowest BCUT2D eigenvalue weighted by Gasteiger charge is -2.37. The zero-order valence-electron chi connectivity index (χ0n) is 20.6. The fraction of sp³-hybridized carbons (Fsp3) is 0.370. The van der Waals surface area contributed by atoms with E-state index in [1.807, 2.05) is 60.8 Å². The highest BCUT2D eigenvalue weighted by molar-refractivity contribution is 6.04. The Morgan fingerprint density at radius 2 is 1.67 bits per heavy atom. The van der Waals surface area contributed by atoms with Crippen molar-refractivity contribution in [2.24, 2.45) is 5.73 Å². The first kappa shape index (κ1) is 27.4. The molecule has 1 fully saturated rings. The Morgan fingerprint density at radius 3 is 2.33 bits per heavy atom. The predicted octanol–water partition coefficient (Wildman–Crippen LogP) is 2.32. The monoisotopic (exact) mass is 511 g/mol. The number of nitrogens with two attached hydrogens (primary N) is 1. The summed E-state index contributed by atoms with van der Waals surface area (Å²) in [5.41, 5.74) is 6.67. The minimum atomic E-state index is -1.18. The molecule has 4 rings (SSSR count). The molecule has 3 aromatic rings. The number of halogens is 1. The molecule has 0 aliphatic carbocycles. The Labute approximate surface area is 217 Å². The molecule has 0 radical (unpaired) electrons. The van der Waals surface area contributed by atoms with Gasteiger partial charge in [-0.05, 0) is 57.0 Å². The molecule has 192 valence electrons. The maximum atomic E-state index is 13.6. The van der Waals surface area contributed by atoms with Crippen LogP contribution in [0.25, 0.3) is 10.9 Å². The van der Waals surface area contributed by atoms with Gasteiger partial charge in [-0.25, -0.2) is 0 Å². The number of amides is 3. The number of piperidine rings is 1. The minimum absolute atomic E-state index is 0. The van der Waals surface area contributed by atoms with Crippen LogP contribution in [0.1, 0.15) is 37.8 Å². The van der Waals surface area contributed by atoms with Crippen LogP contribution in [0.3, 0.4) is 0 Å². The number of hydrogen-bond donors (Lipinski definition) is 5. The highest BCUT2D eigenvalue weighted by atomic mass is 35.5. The van der Waals surface area contributed by atoms with Gasteiger partial charge in [-0.15, -0.1) is 12.4 Å². The second-order valence-electron chi connectivity index (χ2n) is 9.83. The average molecular weight is 512 g/mol. The van der Waals surface area contributed by atoms with Crippen LogP contribution in [0.15, 0.2) is 60.8 Å². The summed E-state index contributed by atoms with van der Waals surface area (Å²) in [7, 11) is 0. The number of carbonyl (C=O) groups is 3. The Hall–Kier alpha value is -3.20. The van der Waals surface area contributed by atoms with Gasteiger partial charge >= 0.3 is 0 Å². The maximum Gasteiger partial charge on any atom is 0.249 e. The topological polar surface area (TPSA) is 129 Å². The van der Waals surface area contributed by atoms with E-state index in [-0.39, 0.29) is 24.7 Å². The molecule has 8 nitrogen and oxygen atoms in total. The van der Waals surface area contributed by atoms with E-state index in [2.05, 4.69) is 20.9 Å². The molecule has 1 unspecified atom stereocenters. The molecular formula is C27H34ClN5O3. The number of hydrogen-bond acceptors (Lipinski definition) is 5. The lowest BCUT2D eigenvalue weighted by atomic mass is 9.72. The van der Waals surface area contributed by atoms with E-state index in [0.717, 1.165) is 22.0 Å². The van der Waals surface area contributed by atoms with Gasteiger partial charge in [0.05, 0.1) is 11.0 Å². The lowest BCUT2D eigenvalue weighted by Crippen LogP contribution is -2.59. The Balaban J connectivity index is 0.00000361. The third-order valence-corrected chi connectivity index (χ3v) is 6.76. The largest absolute Gasteiger partial charge is 0.361 e. The first-order chi connectivity index (χ1) is 16.7. The molecule has 0 saturated carbocycles. The van der Waals surface area contributed by atoms with Crippen LogP contribution >= 0.6 is 12.4 Å². The molecule has 0 spiro atoms. The normalized spacial score (nSPS) is 16.0. The third-order valence-electron chi connectivity index (χ3n) is 6.76. The Kier molecular flexibility index (Phi) is 8.55. The van der Waals surface area contributed by atoms with Crippen LogP contribution in [-0.2, 0) is 26.2 Å². The third kappa shape index (κ3) is 5.78. The van der Waals surface area contributed by atoms with Gasteiger partial charge in [0.2, 0.25) is 17.7 Å². The lowest BCUT2D eigenvalue weighted by molar-refractivity contribution is -0.138. The number of aromatic amines is 1. The zero-order valence-corrected chi connectivity index (χ0v) is 21.4. The van der Waals surface area contributed by atoms with Crippen molar-refractivity contribution in [2.75, 3.05) is 13.1 Å². The summed E-state index contributed by atoms with van der Waals surface area (Å²) in [5.74, 6) is -1.36. The van der Waals surface area contributed by atoms with Gasteiger partial charge in [0.15, 0.2) is 0 Å². The molecule has 1 aromatic heterocycles. The van der Waals surface area contributed by atoms with Gasteiger partial charge in [-0.3, -0.25) is 19.7 Å². The number of para-hydroxylation sites is 1. The predicted molar refractivity (Wildman–Crippen MR) is 143 cm³/mol. The van der Waals surface area contributed by atoms with Crippen LogP contribution in [-0.4, -0.2) is 47.4 Å². The van der Waals surface area contributed by atoms with E-state index < -0.39 is 28.8 Å². The number of rotatable bonds is 7. The fourth-order valence-corrected chi connectivity index (χ4v) is 4.65. The van der Waals surface area contributed by atoms with Crippen molar-refractivity contribution in [1.29, 1.82) is 0 Å². The fourth-order valence-electron chi connectivity index (χ4n) is 4.65. The number of aromatic nitrogens is 1. The molecule has 1 aliphatic heterocycles. The molecule has 9 heteroatoms. The molecule has 0 bridgehead atoms. The summed E-state index contributed by atoms with van der Waals surface area (Å²) >= 11 is 0. The number of carbonyl (C=O) groups excluding carboxylic acids is 3. The quantitative estimate of drug-likeness (QED) is 0.332. The van der Waals surface area contributed by atoms with Gasteiger partial charge in [0.25, 0.3) is 0 Å². The molecule has 36 heavy (non-hydrogen) atoms. The van der Waals surface area contributed by atoms with Crippen molar-refractivity contribution < 1.29 is 14.4 Å². The van der Waals surface area contributed by atoms with E-state index in [1.54, 1.807) is 13.8 Å². The molecule has 2 aromatic carbocycles. The zero-order chi connectivity index (χ0) is 25.1. The summed E-state index contributed by atoms with van der Waals surface area (Å²) in [5, 5.41) is 9.65. The SMILES string of the molecule is CC(C)(N)C(=O)NC(Cc1c[nH]c2ccccc12)C(=O)NC(=O)C1(c2ccccc2)CCNCC1.Cl. The van der Waals surface area contributed by atoms with Crippen LogP contribution in [0.4, 0.5) is 0 Å². The van der Waals surface area contributed by atoms with Crippen LogP contribution in [0.2, 0.25) is 0 Å². The summed E-state index contributed by atoms with van der Waals surface area (Å²) in [4.78, 5) is 43.0. The summed E-state index contributed by atoms with van der Waals surface area (Å²) in [6.45, 7) is 4.50. The summed E-state index contributed by atoms with van der Waals surface area (Å²) < 4.78 is 0. The number of nitrogens with one attached hydrogen (secondary N) is 4. The molecule has 1 saturated heterocycles. The van der Waals surface area contributed by atoms with E-state index in [4.69, 9.17) is 5.73 Å². The first-order valence-electron chi connectivity index (χ1n) is 12.0. The van der Waals surface area contributed by atoms with E-state index >= 15 is 0 Å². The number of imide groups is 1. The number of benzene rings is 2. The van der Waals surface area contributed by atoms with Crippen molar-refractivity contribution in [3.05, 3.63) is 71.9 Å². The molecule has 3 amide bonds.